The molecule has 1 saturated heterocycles. The molecule has 0 bridgehead atoms. The van der Waals surface area contributed by atoms with Crippen molar-refractivity contribution in [3.63, 3.8) is 0 Å². The Bertz CT molecular complexity index is 537. The average Bonchev–Trinajstić information content (AvgIpc) is 2.71. The molecular weight excluding hydrogens is 250 g/mol. The van der Waals surface area contributed by atoms with Gasteiger partial charge in [0.05, 0.1) is 12.4 Å². The molecule has 0 radical (unpaired) electrons. The highest BCUT2D eigenvalue weighted by Gasteiger charge is 2.17. The number of hydrogen-bond acceptors (Lipinski definition) is 3. The summed E-state index contributed by atoms with van der Waals surface area (Å²) < 4.78 is 7.61. The Hall–Kier alpha value is -1.52. The van der Waals surface area contributed by atoms with Crippen molar-refractivity contribution in [3.05, 3.63) is 41.7 Å². The highest BCUT2D eigenvalue weighted by molar-refractivity contribution is 6.30. The SMILES string of the molecule is Clc1cccc(Oc2cnn(CC3CNC3)c2)c1. The second-order valence-electron chi connectivity index (χ2n) is 4.48. The molecule has 0 saturated carbocycles. The third-order valence-corrected chi connectivity index (χ3v) is 3.19. The third-order valence-electron chi connectivity index (χ3n) is 2.95. The lowest BCUT2D eigenvalue weighted by Gasteiger charge is -2.26. The smallest absolute Gasteiger partial charge is 0.165 e. The second kappa shape index (κ2) is 5.00. The van der Waals surface area contributed by atoms with Gasteiger partial charge in [0.2, 0.25) is 0 Å². The van der Waals surface area contributed by atoms with Crippen LogP contribution in [0.1, 0.15) is 0 Å². The van der Waals surface area contributed by atoms with E-state index in [2.05, 4.69) is 10.4 Å². The van der Waals surface area contributed by atoms with Crippen molar-refractivity contribution in [1.82, 2.24) is 15.1 Å². The summed E-state index contributed by atoms with van der Waals surface area (Å²) in [6, 6.07) is 7.34. The summed E-state index contributed by atoms with van der Waals surface area (Å²) in [6.45, 7) is 3.08. The van der Waals surface area contributed by atoms with Crippen molar-refractivity contribution in [3.8, 4) is 11.5 Å². The number of nitrogens with zero attached hydrogens (tertiary/aromatic N) is 2. The topological polar surface area (TPSA) is 39.1 Å². The summed E-state index contributed by atoms with van der Waals surface area (Å²) in [4.78, 5) is 0. The van der Waals surface area contributed by atoms with Gasteiger partial charge in [0, 0.05) is 30.6 Å². The standard InChI is InChI=1S/C13H14ClN3O/c14-11-2-1-3-12(4-11)18-13-7-16-17(9-13)8-10-5-15-6-10/h1-4,7,9-10,15H,5-6,8H2. The Labute approximate surface area is 111 Å². The fourth-order valence-corrected chi connectivity index (χ4v) is 2.09. The van der Waals surface area contributed by atoms with Crippen molar-refractivity contribution in [2.24, 2.45) is 5.92 Å². The lowest BCUT2D eigenvalue weighted by Crippen LogP contribution is -2.44. The van der Waals surface area contributed by atoms with Gasteiger partial charge in [-0.3, -0.25) is 4.68 Å². The van der Waals surface area contributed by atoms with Crippen LogP contribution in [0.5, 0.6) is 11.5 Å². The monoisotopic (exact) mass is 263 g/mol. The fraction of sp³-hybridized carbons (Fsp3) is 0.308. The van der Waals surface area contributed by atoms with Gasteiger partial charge < -0.3 is 10.1 Å². The van der Waals surface area contributed by atoms with Gasteiger partial charge in [-0.2, -0.15) is 5.10 Å². The number of rotatable bonds is 4. The second-order valence-corrected chi connectivity index (χ2v) is 4.92. The van der Waals surface area contributed by atoms with E-state index in [4.69, 9.17) is 16.3 Å². The quantitative estimate of drug-likeness (QED) is 0.921. The molecule has 1 aliphatic rings. The molecule has 2 aromatic rings. The van der Waals surface area contributed by atoms with Crippen LogP contribution < -0.4 is 10.1 Å². The molecule has 1 aromatic carbocycles. The molecule has 1 N–H and O–H groups in total. The Morgan fingerprint density at radius 2 is 2.28 bits per heavy atom. The predicted octanol–water partition coefficient (Wildman–Crippen LogP) is 2.55. The van der Waals surface area contributed by atoms with Crippen LogP contribution in [-0.2, 0) is 6.54 Å². The number of aromatic nitrogens is 2. The van der Waals surface area contributed by atoms with Crippen LogP contribution in [0.4, 0.5) is 0 Å². The molecule has 94 valence electrons. The van der Waals surface area contributed by atoms with Crippen LogP contribution in [0.25, 0.3) is 0 Å². The van der Waals surface area contributed by atoms with Gasteiger partial charge in [0.25, 0.3) is 0 Å². The first-order valence-electron chi connectivity index (χ1n) is 5.96. The summed E-state index contributed by atoms with van der Waals surface area (Å²) in [6.07, 6.45) is 3.65. The minimum Gasteiger partial charge on any atom is -0.454 e. The summed E-state index contributed by atoms with van der Waals surface area (Å²) in [5.41, 5.74) is 0. The van der Waals surface area contributed by atoms with Crippen LogP contribution in [0.3, 0.4) is 0 Å². The van der Waals surface area contributed by atoms with Gasteiger partial charge in [-0.05, 0) is 18.2 Å². The molecule has 5 heteroatoms. The molecule has 1 fully saturated rings. The van der Waals surface area contributed by atoms with Crippen LogP contribution in [0.15, 0.2) is 36.7 Å². The molecule has 0 aliphatic carbocycles. The van der Waals surface area contributed by atoms with Gasteiger partial charge in [-0.1, -0.05) is 17.7 Å². The van der Waals surface area contributed by atoms with Gasteiger partial charge in [-0.15, -0.1) is 0 Å². The van der Waals surface area contributed by atoms with Gasteiger partial charge >= 0.3 is 0 Å². The molecule has 4 nitrogen and oxygen atoms in total. The van der Waals surface area contributed by atoms with Gasteiger partial charge in [0.15, 0.2) is 5.75 Å². The van der Waals surface area contributed by atoms with Crippen molar-refractivity contribution < 1.29 is 4.74 Å². The number of nitrogens with one attached hydrogen (secondary N) is 1. The highest BCUT2D eigenvalue weighted by Crippen LogP contribution is 2.23. The molecule has 18 heavy (non-hydrogen) atoms. The zero-order valence-corrected chi connectivity index (χ0v) is 10.6. The van der Waals surface area contributed by atoms with Crippen LogP contribution in [0.2, 0.25) is 5.02 Å². The third kappa shape index (κ3) is 2.66. The molecule has 0 amide bonds. The lowest BCUT2D eigenvalue weighted by atomic mass is 10.0. The van der Waals surface area contributed by atoms with Crippen molar-refractivity contribution in [1.29, 1.82) is 0 Å². The molecule has 1 aromatic heterocycles. The Morgan fingerprint density at radius 1 is 1.39 bits per heavy atom. The Balaban J connectivity index is 1.65. The minimum atomic E-state index is 0.667. The number of benzene rings is 1. The molecule has 0 unspecified atom stereocenters. The Morgan fingerprint density at radius 3 is 3.00 bits per heavy atom. The molecule has 1 aliphatic heterocycles. The maximum atomic E-state index is 5.90. The molecule has 0 spiro atoms. The molecule has 2 heterocycles. The predicted molar refractivity (Wildman–Crippen MR) is 70.1 cm³/mol. The van der Waals surface area contributed by atoms with Crippen molar-refractivity contribution >= 4 is 11.6 Å². The van der Waals surface area contributed by atoms with Crippen LogP contribution in [0, 0.1) is 5.92 Å². The minimum absolute atomic E-state index is 0.667. The summed E-state index contributed by atoms with van der Waals surface area (Å²) in [5.74, 6) is 2.15. The normalized spacial score (nSPS) is 15.4. The van der Waals surface area contributed by atoms with E-state index in [0.29, 0.717) is 10.9 Å². The zero-order chi connectivity index (χ0) is 12.4. The fourth-order valence-electron chi connectivity index (χ4n) is 1.91. The van der Waals surface area contributed by atoms with Gasteiger partial charge in [-0.25, -0.2) is 0 Å². The van der Waals surface area contributed by atoms with E-state index in [1.807, 2.05) is 29.1 Å². The summed E-state index contributed by atoms with van der Waals surface area (Å²) >= 11 is 5.90. The molecule has 0 atom stereocenters. The van der Waals surface area contributed by atoms with E-state index >= 15 is 0 Å². The average molecular weight is 264 g/mol. The molecule has 3 rings (SSSR count). The van der Waals surface area contributed by atoms with Crippen LogP contribution in [-0.4, -0.2) is 22.9 Å². The number of halogens is 1. The van der Waals surface area contributed by atoms with E-state index in [-0.39, 0.29) is 0 Å². The van der Waals surface area contributed by atoms with Crippen LogP contribution >= 0.6 is 11.6 Å². The maximum Gasteiger partial charge on any atom is 0.165 e. The first kappa shape index (κ1) is 11.6. The number of hydrogen-bond donors (Lipinski definition) is 1. The van der Waals surface area contributed by atoms with E-state index in [0.717, 1.165) is 31.1 Å². The zero-order valence-electron chi connectivity index (χ0n) is 9.84. The maximum absolute atomic E-state index is 5.90. The van der Waals surface area contributed by atoms with E-state index in [1.54, 1.807) is 12.3 Å². The van der Waals surface area contributed by atoms with E-state index in [1.165, 1.54) is 0 Å². The lowest BCUT2D eigenvalue weighted by molar-refractivity contribution is 0.295. The first-order chi connectivity index (χ1) is 8.79. The van der Waals surface area contributed by atoms with E-state index in [9.17, 15) is 0 Å². The number of ether oxygens (including phenoxy) is 1. The highest BCUT2D eigenvalue weighted by atomic mass is 35.5. The van der Waals surface area contributed by atoms with Gasteiger partial charge in [0.1, 0.15) is 5.75 Å². The largest absolute Gasteiger partial charge is 0.454 e. The van der Waals surface area contributed by atoms with Crippen molar-refractivity contribution in [2.75, 3.05) is 13.1 Å². The molecular formula is C13H14ClN3O. The Kier molecular flexibility index (Phi) is 3.21. The van der Waals surface area contributed by atoms with E-state index < -0.39 is 0 Å². The summed E-state index contributed by atoms with van der Waals surface area (Å²) in [7, 11) is 0. The summed E-state index contributed by atoms with van der Waals surface area (Å²) in [5, 5.41) is 8.20. The first-order valence-corrected chi connectivity index (χ1v) is 6.34. The van der Waals surface area contributed by atoms with Crippen molar-refractivity contribution in [2.45, 2.75) is 6.54 Å².